The smallest absolute Gasteiger partial charge is 0.150 e. The van der Waals surface area contributed by atoms with Crippen LogP contribution in [0.4, 0.5) is 0 Å². The van der Waals surface area contributed by atoms with Crippen LogP contribution in [0.3, 0.4) is 0 Å². The quantitative estimate of drug-likeness (QED) is 0.772. The highest BCUT2D eigenvalue weighted by Gasteiger charge is 2.10. The highest BCUT2D eigenvalue weighted by molar-refractivity contribution is 7.91. The number of hydrogen-bond donors (Lipinski definition) is 0. The molecule has 0 N–H and O–H groups in total. The van der Waals surface area contributed by atoms with Gasteiger partial charge in [0.15, 0.2) is 0 Å². The lowest BCUT2D eigenvalue weighted by Crippen LogP contribution is -2.11. The molecule has 1 rings (SSSR count). The lowest BCUT2D eigenvalue weighted by molar-refractivity contribution is -0.118. The van der Waals surface area contributed by atoms with Gasteiger partial charge in [-0.2, -0.15) is 0 Å². The third kappa shape index (κ3) is 5.55. The van der Waals surface area contributed by atoms with Gasteiger partial charge in [-0.15, -0.1) is 0 Å². The summed E-state index contributed by atoms with van der Waals surface area (Å²) in [5.41, 5.74) is 3.40. The van der Waals surface area contributed by atoms with E-state index in [4.69, 9.17) is 0 Å². The highest BCUT2D eigenvalue weighted by Crippen LogP contribution is 2.11. The third-order valence-electron chi connectivity index (χ3n) is 3.32. The Balaban J connectivity index is 2.45. The molecule has 0 unspecified atom stereocenters. The molecule has 1 aromatic carbocycles. The Morgan fingerprint density at radius 1 is 1.16 bits per heavy atom. The number of carbonyl (C=O) groups excluding carboxylic acids is 1. The SMILES string of the molecule is CCS(=O)(=O)CCCC(=O)Cc1ccc(C)c(C)c1. The summed E-state index contributed by atoms with van der Waals surface area (Å²) in [6, 6.07) is 6.00. The van der Waals surface area contributed by atoms with Crippen molar-refractivity contribution >= 4 is 15.6 Å². The van der Waals surface area contributed by atoms with Gasteiger partial charge in [0.1, 0.15) is 15.6 Å². The molecule has 0 aliphatic carbocycles. The molecule has 1 aromatic rings. The largest absolute Gasteiger partial charge is 0.299 e. The molecule has 0 aromatic heterocycles. The maximum absolute atomic E-state index is 11.8. The third-order valence-corrected chi connectivity index (χ3v) is 5.11. The Hall–Kier alpha value is -1.16. The Kier molecular flexibility index (Phi) is 5.73. The number of aryl methyl sites for hydroxylation is 2. The minimum Gasteiger partial charge on any atom is -0.299 e. The fourth-order valence-corrected chi connectivity index (χ4v) is 2.74. The zero-order valence-corrected chi connectivity index (χ0v) is 12.7. The molecular weight excluding hydrogens is 260 g/mol. The van der Waals surface area contributed by atoms with Crippen LogP contribution in [0.15, 0.2) is 18.2 Å². The molecule has 3 nitrogen and oxygen atoms in total. The summed E-state index contributed by atoms with van der Waals surface area (Å²) in [5, 5.41) is 0. The van der Waals surface area contributed by atoms with Gasteiger partial charge in [-0.05, 0) is 37.0 Å². The molecule has 0 aliphatic heterocycles. The van der Waals surface area contributed by atoms with Gasteiger partial charge in [0.25, 0.3) is 0 Å². The van der Waals surface area contributed by atoms with Crippen LogP contribution in [0.25, 0.3) is 0 Å². The Morgan fingerprint density at radius 2 is 1.84 bits per heavy atom. The summed E-state index contributed by atoms with van der Waals surface area (Å²) in [4.78, 5) is 11.8. The zero-order chi connectivity index (χ0) is 14.5. The molecular formula is C15H22O3S. The topological polar surface area (TPSA) is 51.2 Å². The van der Waals surface area contributed by atoms with Crippen LogP contribution in [0.1, 0.15) is 36.5 Å². The van der Waals surface area contributed by atoms with Crippen molar-refractivity contribution in [1.82, 2.24) is 0 Å². The predicted molar refractivity (Wildman–Crippen MR) is 78.2 cm³/mol. The zero-order valence-electron chi connectivity index (χ0n) is 11.9. The molecule has 0 radical (unpaired) electrons. The number of hydrogen-bond acceptors (Lipinski definition) is 3. The van der Waals surface area contributed by atoms with Crippen molar-refractivity contribution in [3.05, 3.63) is 34.9 Å². The second-order valence-electron chi connectivity index (χ2n) is 4.97. The molecule has 0 saturated carbocycles. The van der Waals surface area contributed by atoms with Crippen molar-refractivity contribution in [2.24, 2.45) is 0 Å². The van der Waals surface area contributed by atoms with E-state index in [9.17, 15) is 13.2 Å². The predicted octanol–water partition coefficient (Wildman–Crippen LogP) is 2.63. The van der Waals surface area contributed by atoms with Gasteiger partial charge >= 0.3 is 0 Å². The fraction of sp³-hybridized carbons (Fsp3) is 0.533. The Bertz CT molecular complexity index is 545. The normalized spacial score (nSPS) is 11.5. The lowest BCUT2D eigenvalue weighted by Gasteiger charge is -2.05. The molecule has 0 heterocycles. The van der Waals surface area contributed by atoms with Gasteiger partial charge < -0.3 is 0 Å². The molecule has 0 saturated heterocycles. The molecule has 0 aliphatic rings. The van der Waals surface area contributed by atoms with Gasteiger partial charge in [0.05, 0.1) is 5.75 Å². The van der Waals surface area contributed by atoms with Crippen LogP contribution in [-0.4, -0.2) is 25.7 Å². The van der Waals surface area contributed by atoms with E-state index in [1.165, 1.54) is 11.1 Å². The second kappa shape index (κ2) is 6.85. The van der Waals surface area contributed by atoms with Crippen molar-refractivity contribution < 1.29 is 13.2 Å². The first-order chi connectivity index (χ1) is 8.84. The molecule has 0 fully saturated rings. The summed E-state index contributed by atoms with van der Waals surface area (Å²) < 4.78 is 22.6. The highest BCUT2D eigenvalue weighted by atomic mass is 32.2. The minimum absolute atomic E-state index is 0.106. The van der Waals surface area contributed by atoms with Gasteiger partial charge in [-0.25, -0.2) is 8.42 Å². The van der Waals surface area contributed by atoms with Crippen molar-refractivity contribution in [1.29, 1.82) is 0 Å². The van der Waals surface area contributed by atoms with E-state index >= 15 is 0 Å². The maximum atomic E-state index is 11.8. The number of Topliss-reactive ketones (excluding diaryl/α,β-unsaturated/α-hetero) is 1. The average molecular weight is 282 g/mol. The first kappa shape index (κ1) is 15.9. The van der Waals surface area contributed by atoms with E-state index in [0.29, 0.717) is 19.3 Å². The fourth-order valence-electron chi connectivity index (χ4n) is 1.86. The van der Waals surface area contributed by atoms with Crippen molar-refractivity contribution in [2.45, 2.75) is 40.0 Å². The van der Waals surface area contributed by atoms with Gasteiger partial charge in [0, 0.05) is 18.6 Å². The summed E-state index contributed by atoms with van der Waals surface area (Å²) in [6.07, 6.45) is 1.17. The summed E-state index contributed by atoms with van der Waals surface area (Å²) >= 11 is 0. The maximum Gasteiger partial charge on any atom is 0.150 e. The van der Waals surface area contributed by atoms with Crippen molar-refractivity contribution in [3.8, 4) is 0 Å². The van der Waals surface area contributed by atoms with E-state index < -0.39 is 9.84 Å². The van der Waals surface area contributed by atoms with Crippen molar-refractivity contribution in [2.75, 3.05) is 11.5 Å². The first-order valence-electron chi connectivity index (χ1n) is 6.62. The van der Waals surface area contributed by atoms with Crippen LogP contribution in [0.2, 0.25) is 0 Å². The summed E-state index contributed by atoms with van der Waals surface area (Å²) in [7, 11) is -2.95. The summed E-state index contributed by atoms with van der Waals surface area (Å²) in [5.74, 6) is 0.370. The van der Waals surface area contributed by atoms with Crippen molar-refractivity contribution in [3.63, 3.8) is 0 Å². The molecule has 0 bridgehead atoms. The summed E-state index contributed by atoms with van der Waals surface area (Å²) in [6.45, 7) is 5.69. The number of benzene rings is 1. The molecule has 0 spiro atoms. The van der Waals surface area contributed by atoms with Crippen LogP contribution < -0.4 is 0 Å². The molecule has 106 valence electrons. The number of ketones is 1. The molecule has 0 atom stereocenters. The van der Waals surface area contributed by atoms with Gasteiger partial charge in [-0.3, -0.25) is 4.79 Å². The monoisotopic (exact) mass is 282 g/mol. The molecule has 4 heteroatoms. The van der Waals surface area contributed by atoms with Crippen LogP contribution >= 0.6 is 0 Å². The number of sulfone groups is 1. The van der Waals surface area contributed by atoms with Crippen LogP contribution in [0.5, 0.6) is 0 Å². The van der Waals surface area contributed by atoms with Crippen LogP contribution in [0, 0.1) is 13.8 Å². The Labute approximate surface area is 116 Å². The van der Waals surface area contributed by atoms with Crippen LogP contribution in [-0.2, 0) is 21.1 Å². The first-order valence-corrected chi connectivity index (χ1v) is 8.44. The minimum atomic E-state index is -2.95. The van der Waals surface area contributed by atoms with E-state index in [2.05, 4.69) is 0 Å². The lowest BCUT2D eigenvalue weighted by atomic mass is 10.0. The number of rotatable bonds is 7. The van der Waals surface area contributed by atoms with E-state index in [1.54, 1.807) is 6.92 Å². The molecule has 0 amide bonds. The van der Waals surface area contributed by atoms with E-state index in [-0.39, 0.29) is 17.3 Å². The average Bonchev–Trinajstić information content (AvgIpc) is 2.33. The number of carbonyl (C=O) groups is 1. The van der Waals surface area contributed by atoms with E-state index in [0.717, 1.165) is 5.56 Å². The second-order valence-corrected chi connectivity index (χ2v) is 7.45. The van der Waals surface area contributed by atoms with E-state index in [1.807, 2.05) is 32.0 Å². The van der Waals surface area contributed by atoms with Gasteiger partial charge in [0.2, 0.25) is 0 Å². The standard InChI is InChI=1S/C15H22O3S/c1-4-19(17,18)9-5-6-15(16)11-14-8-7-12(2)13(3)10-14/h7-8,10H,4-6,9,11H2,1-3H3. The molecule has 19 heavy (non-hydrogen) atoms. The Morgan fingerprint density at radius 3 is 2.42 bits per heavy atom. The van der Waals surface area contributed by atoms with Gasteiger partial charge in [-0.1, -0.05) is 25.1 Å².